The number of rotatable bonds is 4. The highest BCUT2D eigenvalue weighted by molar-refractivity contribution is 7.91. The molecule has 1 aliphatic heterocycles. The Labute approximate surface area is 189 Å². The third-order valence-corrected chi connectivity index (χ3v) is 9.29. The van der Waals surface area contributed by atoms with Gasteiger partial charge in [-0.1, -0.05) is 23.4 Å². The van der Waals surface area contributed by atoms with Crippen LogP contribution in [0.3, 0.4) is 0 Å². The van der Waals surface area contributed by atoms with Gasteiger partial charge in [-0.25, -0.2) is 12.8 Å². The topological polar surface area (TPSA) is 99.4 Å². The van der Waals surface area contributed by atoms with Gasteiger partial charge in [-0.3, -0.25) is 4.79 Å². The lowest BCUT2D eigenvalue weighted by molar-refractivity contribution is -0.143. The number of carbonyl (C=O) groups excluding carboxylic acids is 1. The second kappa shape index (κ2) is 6.96. The molecule has 2 aliphatic carbocycles. The molecule has 0 N–H and O–H groups in total. The zero-order chi connectivity index (χ0) is 23.1. The van der Waals surface area contributed by atoms with E-state index in [9.17, 15) is 17.6 Å². The number of halogens is 1. The number of aromatic nitrogens is 2. The smallest absolute Gasteiger partial charge is 0.310 e. The molecule has 3 aliphatic rings. The van der Waals surface area contributed by atoms with Gasteiger partial charge in [-0.05, 0) is 61.9 Å². The first-order valence-electron chi connectivity index (χ1n) is 10.9. The Bertz CT molecular complexity index is 1410. The van der Waals surface area contributed by atoms with Crippen LogP contribution in [-0.2, 0) is 19.4 Å². The Balaban J connectivity index is 1.36. The summed E-state index contributed by atoms with van der Waals surface area (Å²) in [5.41, 5.74) is 1.37. The minimum Gasteiger partial charge on any atom is -0.462 e. The summed E-state index contributed by atoms with van der Waals surface area (Å²) in [4.78, 5) is 16.8. The SMILES string of the molecule is Cc1ccc(S(=O)(=O)c2cc(-c3noc(C4C5CC6OC(=O)C4C6C5)n3)ccc2C)cc1F. The number of aryl methyl sites for hydroxylation is 2. The number of fused-ring (bicyclic) bond motifs is 1. The fourth-order valence-electron chi connectivity index (χ4n) is 5.73. The molecule has 3 fully saturated rings. The maximum absolute atomic E-state index is 14.0. The van der Waals surface area contributed by atoms with Crippen molar-refractivity contribution in [2.24, 2.45) is 17.8 Å². The van der Waals surface area contributed by atoms with Crippen LogP contribution in [0.2, 0.25) is 0 Å². The van der Waals surface area contributed by atoms with E-state index in [-0.39, 0.29) is 51.4 Å². The first-order chi connectivity index (χ1) is 15.7. The Hall–Kier alpha value is -3.07. The molecule has 2 bridgehead atoms. The lowest BCUT2D eigenvalue weighted by atomic mass is 9.80. The maximum Gasteiger partial charge on any atom is 0.310 e. The van der Waals surface area contributed by atoms with Gasteiger partial charge in [0.25, 0.3) is 0 Å². The Morgan fingerprint density at radius 1 is 1.03 bits per heavy atom. The molecule has 2 aromatic carbocycles. The number of benzene rings is 2. The number of hydrogen-bond acceptors (Lipinski definition) is 7. The van der Waals surface area contributed by atoms with Gasteiger partial charge in [0.1, 0.15) is 11.9 Å². The molecule has 2 saturated carbocycles. The van der Waals surface area contributed by atoms with Gasteiger partial charge < -0.3 is 9.26 Å². The monoisotopic (exact) mass is 468 g/mol. The van der Waals surface area contributed by atoms with Crippen LogP contribution in [0.15, 0.2) is 50.7 Å². The van der Waals surface area contributed by atoms with E-state index < -0.39 is 15.7 Å². The lowest BCUT2D eigenvalue weighted by Crippen LogP contribution is -2.24. The van der Waals surface area contributed by atoms with Gasteiger partial charge >= 0.3 is 5.97 Å². The van der Waals surface area contributed by atoms with Crippen molar-refractivity contribution in [3.05, 3.63) is 59.2 Å². The zero-order valence-corrected chi connectivity index (χ0v) is 18.8. The normalized spacial score (nSPS) is 27.8. The molecular formula is C24H21FN2O5S. The third kappa shape index (κ3) is 2.98. The summed E-state index contributed by atoms with van der Waals surface area (Å²) >= 11 is 0. The number of esters is 1. The van der Waals surface area contributed by atoms with Gasteiger partial charge in [0.2, 0.25) is 21.6 Å². The molecule has 33 heavy (non-hydrogen) atoms. The molecule has 5 unspecified atom stereocenters. The summed E-state index contributed by atoms with van der Waals surface area (Å²) in [6.07, 6.45) is 1.75. The lowest BCUT2D eigenvalue weighted by Gasteiger charge is -2.20. The van der Waals surface area contributed by atoms with E-state index in [1.54, 1.807) is 26.0 Å². The van der Waals surface area contributed by atoms with Crippen LogP contribution in [0, 0.1) is 37.4 Å². The Kier molecular flexibility index (Phi) is 4.33. The van der Waals surface area contributed by atoms with Gasteiger partial charge in [-0.2, -0.15) is 4.98 Å². The van der Waals surface area contributed by atoms with Crippen LogP contribution in [0.25, 0.3) is 11.4 Å². The summed E-state index contributed by atoms with van der Waals surface area (Å²) < 4.78 is 51.6. The maximum atomic E-state index is 14.0. The van der Waals surface area contributed by atoms with E-state index in [1.807, 2.05) is 0 Å². The third-order valence-electron chi connectivity index (χ3n) is 7.40. The molecule has 0 spiro atoms. The molecule has 2 heterocycles. The Morgan fingerprint density at radius 3 is 2.61 bits per heavy atom. The predicted molar refractivity (Wildman–Crippen MR) is 113 cm³/mol. The van der Waals surface area contributed by atoms with Crippen molar-refractivity contribution in [2.75, 3.05) is 0 Å². The van der Waals surface area contributed by atoms with Crippen LogP contribution in [0.1, 0.15) is 35.8 Å². The highest BCUT2D eigenvalue weighted by atomic mass is 32.2. The average Bonchev–Trinajstić information content (AvgIpc) is 3.52. The molecule has 0 radical (unpaired) electrons. The van der Waals surface area contributed by atoms with Crippen molar-refractivity contribution in [1.29, 1.82) is 0 Å². The summed E-state index contributed by atoms with van der Waals surface area (Å²) in [5.74, 6) is -0.0363. The minimum absolute atomic E-state index is 0.0163. The van der Waals surface area contributed by atoms with E-state index in [2.05, 4.69) is 10.1 Å². The minimum atomic E-state index is -3.96. The van der Waals surface area contributed by atoms with Crippen LogP contribution in [-0.4, -0.2) is 30.6 Å². The molecule has 1 aromatic heterocycles. The quantitative estimate of drug-likeness (QED) is 0.534. The van der Waals surface area contributed by atoms with E-state index in [1.165, 1.54) is 18.2 Å². The zero-order valence-electron chi connectivity index (χ0n) is 18.0. The number of ether oxygens (including phenoxy) is 1. The fourth-order valence-corrected chi connectivity index (χ4v) is 7.26. The van der Waals surface area contributed by atoms with E-state index in [0.29, 0.717) is 22.6 Å². The van der Waals surface area contributed by atoms with E-state index in [0.717, 1.165) is 18.9 Å². The average molecular weight is 469 g/mol. The molecule has 6 rings (SSSR count). The summed E-state index contributed by atoms with van der Waals surface area (Å²) in [6.45, 7) is 3.26. The fraction of sp³-hybridized carbons (Fsp3) is 0.375. The van der Waals surface area contributed by atoms with Crippen molar-refractivity contribution in [1.82, 2.24) is 10.1 Å². The standard InChI is InChI=1S/C24H21FN2O5S/c1-11-4-6-15(10-17(11)25)33(29,30)19-9-13(5-3-12(19)2)22-26-23(32-27-22)20-14-7-16-18(8-14)31-24(28)21(16)20/h3-6,9-10,14,16,18,20-21H,7-8H2,1-2H3. The highest BCUT2D eigenvalue weighted by Gasteiger charge is 2.63. The van der Waals surface area contributed by atoms with Crippen molar-refractivity contribution >= 4 is 15.8 Å². The second-order valence-electron chi connectivity index (χ2n) is 9.27. The largest absolute Gasteiger partial charge is 0.462 e. The van der Waals surface area contributed by atoms with Crippen LogP contribution in [0.4, 0.5) is 4.39 Å². The van der Waals surface area contributed by atoms with Crippen molar-refractivity contribution in [3.63, 3.8) is 0 Å². The molecule has 7 nitrogen and oxygen atoms in total. The van der Waals surface area contributed by atoms with Gasteiger partial charge in [0, 0.05) is 11.5 Å². The van der Waals surface area contributed by atoms with Crippen molar-refractivity contribution < 1.29 is 26.9 Å². The second-order valence-corrected chi connectivity index (χ2v) is 11.2. The van der Waals surface area contributed by atoms with Crippen molar-refractivity contribution in [2.45, 2.75) is 48.5 Å². The Morgan fingerprint density at radius 2 is 1.82 bits per heavy atom. The molecular weight excluding hydrogens is 447 g/mol. The summed E-state index contributed by atoms with van der Waals surface area (Å²) in [7, 11) is -3.96. The molecule has 1 saturated heterocycles. The summed E-state index contributed by atoms with van der Waals surface area (Å²) in [5, 5.41) is 4.08. The van der Waals surface area contributed by atoms with E-state index in [4.69, 9.17) is 9.26 Å². The van der Waals surface area contributed by atoms with Gasteiger partial charge in [-0.15, -0.1) is 0 Å². The number of sulfone groups is 1. The van der Waals surface area contributed by atoms with E-state index >= 15 is 0 Å². The van der Waals surface area contributed by atoms with Crippen LogP contribution >= 0.6 is 0 Å². The number of carbonyl (C=O) groups is 1. The molecule has 3 aromatic rings. The summed E-state index contributed by atoms with van der Waals surface area (Å²) in [6, 6.07) is 8.75. The first kappa shape index (κ1) is 20.5. The highest BCUT2D eigenvalue weighted by Crippen LogP contribution is 2.61. The first-order valence-corrected chi connectivity index (χ1v) is 12.4. The van der Waals surface area contributed by atoms with Crippen molar-refractivity contribution in [3.8, 4) is 11.4 Å². The predicted octanol–water partition coefficient (Wildman–Crippen LogP) is 3.99. The van der Waals surface area contributed by atoms with Gasteiger partial charge in [0.15, 0.2) is 0 Å². The molecule has 170 valence electrons. The van der Waals surface area contributed by atoms with Gasteiger partial charge in [0.05, 0.1) is 21.6 Å². The number of hydrogen-bond donors (Lipinski definition) is 0. The molecule has 5 atom stereocenters. The number of nitrogens with zero attached hydrogens (tertiary/aromatic N) is 2. The molecule has 9 heteroatoms. The molecule has 0 amide bonds. The van der Waals surface area contributed by atoms with Crippen LogP contribution < -0.4 is 0 Å². The van der Waals surface area contributed by atoms with Crippen LogP contribution in [0.5, 0.6) is 0 Å².